The van der Waals surface area contributed by atoms with Crippen molar-refractivity contribution < 1.29 is 9.53 Å². The Morgan fingerprint density at radius 1 is 0.846 bits per heavy atom. The minimum absolute atomic E-state index is 0.212. The fourth-order valence-corrected chi connectivity index (χ4v) is 3.27. The van der Waals surface area contributed by atoms with E-state index in [1.54, 1.807) is 6.07 Å². The molecule has 0 N–H and O–H groups in total. The van der Waals surface area contributed by atoms with Crippen LogP contribution in [0.3, 0.4) is 0 Å². The van der Waals surface area contributed by atoms with Crippen LogP contribution in [-0.2, 0) is 0 Å². The second-order valence-corrected chi connectivity index (χ2v) is 7.10. The summed E-state index contributed by atoms with van der Waals surface area (Å²) in [5, 5.41) is -0.212. The van der Waals surface area contributed by atoms with Crippen LogP contribution in [-0.4, -0.2) is 11.7 Å². The van der Waals surface area contributed by atoms with E-state index in [1.807, 2.05) is 42.5 Å². The van der Waals surface area contributed by atoms with Crippen LogP contribution in [0.15, 0.2) is 48.5 Å². The summed E-state index contributed by atoms with van der Waals surface area (Å²) in [6.45, 7) is 3.02. The van der Waals surface area contributed by atoms with Gasteiger partial charge in [-0.25, -0.2) is 0 Å². The van der Waals surface area contributed by atoms with Crippen LogP contribution in [0.2, 0.25) is 0 Å². The Morgan fingerprint density at radius 2 is 1.46 bits per heavy atom. The number of unbranched alkanes of at least 4 members (excludes halogenated alkanes) is 7. The highest BCUT2D eigenvalue weighted by Crippen LogP contribution is 2.26. The highest BCUT2D eigenvalue weighted by molar-refractivity contribution is 7.97. The van der Waals surface area contributed by atoms with E-state index < -0.39 is 0 Å². The van der Waals surface area contributed by atoms with E-state index in [-0.39, 0.29) is 5.12 Å². The van der Waals surface area contributed by atoms with E-state index in [0.717, 1.165) is 29.9 Å². The molecule has 2 nitrogen and oxygen atoms in total. The van der Waals surface area contributed by atoms with E-state index in [0.29, 0.717) is 5.56 Å². The van der Waals surface area contributed by atoms with Gasteiger partial charge in [-0.3, -0.25) is 4.79 Å². The summed E-state index contributed by atoms with van der Waals surface area (Å²) in [6.07, 6.45) is 10.4. The number of ether oxygens (including phenoxy) is 1. The first-order chi connectivity index (χ1) is 12.7. The lowest BCUT2D eigenvalue weighted by molar-refractivity contribution is 0.109. The number of carbonyl (C=O) groups is 1. The molecule has 0 aliphatic heterocycles. The minimum atomic E-state index is -0.212. The van der Waals surface area contributed by atoms with Gasteiger partial charge in [0.2, 0.25) is 5.12 Å². The number of rotatable bonds is 12. The van der Waals surface area contributed by atoms with Crippen LogP contribution in [0.1, 0.15) is 68.6 Å². The summed E-state index contributed by atoms with van der Waals surface area (Å²) in [4.78, 5) is 11.6. The third kappa shape index (κ3) is 6.87. The summed E-state index contributed by atoms with van der Waals surface area (Å²) in [5.74, 6) is 0.881. The zero-order valence-corrected chi connectivity index (χ0v) is 16.6. The molecule has 0 heterocycles. The van der Waals surface area contributed by atoms with Gasteiger partial charge in [-0.1, -0.05) is 82.2 Å². The molecule has 2 aromatic rings. The molecular weight excluding hydrogens is 340 g/mol. The highest BCUT2D eigenvalue weighted by Gasteiger charge is 2.09. The van der Waals surface area contributed by atoms with Crippen molar-refractivity contribution in [2.75, 3.05) is 6.61 Å². The van der Waals surface area contributed by atoms with Crippen LogP contribution in [0.25, 0.3) is 11.1 Å². The molecule has 0 aliphatic rings. The lowest BCUT2D eigenvalue weighted by Crippen LogP contribution is -1.97. The molecule has 0 bridgehead atoms. The topological polar surface area (TPSA) is 26.3 Å². The van der Waals surface area contributed by atoms with Gasteiger partial charge in [0.15, 0.2) is 0 Å². The Labute approximate surface area is 163 Å². The minimum Gasteiger partial charge on any atom is -0.494 e. The standard InChI is InChI=1S/C23H30O2S/c1-2-3-4-5-6-7-8-11-18-25-20-16-14-19(15-17-20)21-12-9-10-13-22(21)23(24)26/h9-10,12-17H,2-8,11,18H2,1H3,(H,24,26). The van der Waals surface area contributed by atoms with Crippen LogP contribution in [0, 0.1) is 0 Å². The second-order valence-electron chi connectivity index (χ2n) is 6.70. The Hall–Kier alpha value is -1.74. The van der Waals surface area contributed by atoms with Gasteiger partial charge in [-0.05, 0) is 35.7 Å². The molecule has 0 saturated heterocycles. The molecule has 2 aromatic carbocycles. The first-order valence-electron chi connectivity index (χ1n) is 9.78. The smallest absolute Gasteiger partial charge is 0.216 e. The summed E-state index contributed by atoms with van der Waals surface area (Å²) in [6, 6.07) is 15.5. The zero-order chi connectivity index (χ0) is 18.6. The first kappa shape index (κ1) is 20.6. The van der Waals surface area contributed by atoms with Gasteiger partial charge in [0.25, 0.3) is 0 Å². The third-order valence-electron chi connectivity index (χ3n) is 4.59. The predicted octanol–water partition coefficient (Wildman–Crippen LogP) is 6.94. The van der Waals surface area contributed by atoms with Crippen molar-refractivity contribution in [2.45, 2.75) is 58.3 Å². The van der Waals surface area contributed by atoms with Crippen LogP contribution in [0.4, 0.5) is 0 Å². The molecule has 0 aliphatic carbocycles. The molecule has 2 rings (SSSR count). The summed E-state index contributed by atoms with van der Waals surface area (Å²) >= 11 is 3.96. The second kappa shape index (κ2) is 11.8. The normalized spacial score (nSPS) is 10.7. The van der Waals surface area contributed by atoms with Gasteiger partial charge >= 0.3 is 0 Å². The van der Waals surface area contributed by atoms with E-state index in [9.17, 15) is 4.79 Å². The molecule has 0 aromatic heterocycles. The van der Waals surface area contributed by atoms with Crippen LogP contribution in [0.5, 0.6) is 5.75 Å². The zero-order valence-electron chi connectivity index (χ0n) is 15.7. The Morgan fingerprint density at radius 3 is 2.12 bits per heavy atom. The average Bonchev–Trinajstić information content (AvgIpc) is 2.67. The average molecular weight is 371 g/mol. The summed E-state index contributed by atoms with van der Waals surface area (Å²) in [7, 11) is 0. The van der Waals surface area contributed by atoms with Crippen molar-refractivity contribution in [3.05, 3.63) is 54.1 Å². The lowest BCUT2D eigenvalue weighted by Gasteiger charge is -2.09. The van der Waals surface area contributed by atoms with Crippen LogP contribution >= 0.6 is 12.6 Å². The number of carbonyl (C=O) groups excluding carboxylic acids is 1. The fourth-order valence-electron chi connectivity index (χ4n) is 3.08. The lowest BCUT2D eigenvalue weighted by atomic mass is 10.0. The molecule has 0 atom stereocenters. The molecule has 140 valence electrons. The van der Waals surface area contributed by atoms with E-state index in [2.05, 4.69) is 19.6 Å². The van der Waals surface area contributed by atoms with Gasteiger partial charge in [0, 0.05) is 5.56 Å². The maximum absolute atomic E-state index is 11.6. The third-order valence-corrected chi connectivity index (χ3v) is 4.83. The Kier molecular flexibility index (Phi) is 9.33. The van der Waals surface area contributed by atoms with Crippen molar-refractivity contribution in [1.29, 1.82) is 0 Å². The molecule has 0 radical (unpaired) electrons. The number of hydrogen-bond acceptors (Lipinski definition) is 2. The first-order valence-corrected chi connectivity index (χ1v) is 10.2. The quantitative estimate of drug-likeness (QED) is 0.323. The molecule has 0 amide bonds. The Balaban J connectivity index is 1.74. The SMILES string of the molecule is CCCCCCCCCCOc1ccc(-c2ccccc2C(=O)S)cc1. The number of hydrogen-bond donors (Lipinski definition) is 1. The van der Waals surface area contributed by atoms with E-state index >= 15 is 0 Å². The molecule has 0 saturated carbocycles. The molecule has 3 heteroatoms. The number of benzene rings is 2. The van der Waals surface area contributed by atoms with Crippen LogP contribution < -0.4 is 4.74 Å². The van der Waals surface area contributed by atoms with E-state index in [1.165, 1.54) is 44.9 Å². The summed E-state index contributed by atoms with van der Waals surface area (Å²) < 4.78 is 5.84. The number of thiol groups is 1. The van der Waals surface area contributed by atoms with Crippen molar-refractivity contribution in [3.8, 4) is 16.9 Å². The van der Waals surface area contributed by atoms with Gasteiger partial charge in [0.1, 0.15) is 5.75 Å². The predicted molar refractivity (Wildman–Crippen MR) is 113 cm³/mol. The molecule has 0 fully saturated rings. The summed E-state index contributed by atoms with van der Waals surface area (Å²) in [5.41, 5.74) is 2.54. The largest absolute Gasteiger partial charge is 0.494 e. The monoisotopic (exact) mass is 370 g/mol. The molecule has 26 heavy (non-hydrogen) atoms. The van der Waals surface area contributed by atoms with Gasteiger partial charge in [0.05, 0.1) is 6.61 Å². The van der Waals surface area contributed by atoms with Crippen molar-refractivity contribution in [1.82, 2.24) is 0 Å². The molecule has 0 spiro atoms. The maximum Gasteiger partial charge on any atom is 0.216 e. The van der Waals surface area contributed by atoms with Crippen molar-refractivity contribution >= 4 is 17.7 Å². The van der Waals surface area contributed by atoms with Gasteiger partial charge in [-0.2, -0.15) is 0 Å². The maximum atomic E-state index is 11.6. The Bertz CT molecular complexity index is 664. The molecular formula is C23H30O2S. The van der Waals surface area contributed by atoms with E-state index in [4.69, 9.17) is 4.74 Å². The van der Waals surface area contributed by atoms with Gasteiger partial charge < -0.3 is 4.74 Å². The highest BCUT2D eigenvalue weighted by atomic mass is 32.1. The molecule has 0 unspecified atom stereocenters. The van der Waals surface area contributed by atoms with Crippen molar-refractivity contribution in [2.24, 2.45) is 0 Å². The fraction of sp³-hybridized carbons (Fsp3) is 0.435. The van der Waals surface area contributed by atoms with Gasteiger partial charge in [-0.15, -0.1) is 12.6 Å². The van der Waals surface area contributed by atoms with Crippen molar-refractivity contribution in [3.63, 3.8) is 0 Å².